The second-order valence-electron chi connectivity index (χ2n) is 3.86. The third kappa shape index (κ3) is 2.57. The van der Waals surface area contributed by atoms with E-state index in [0.29, 0.717) is 10.8 Å². The summed E-state index contributed by atoms with van der Waals surface area (Å²) in [6.07, 6.45) is 0.818. The van der Waals surface area contributed by atoms with Crippen LogP contribution < -0.4 is 0 Å². The van der Waals surface area contributed by atoms with E-state index in [1.807, 2.05) is 30.3 Å². The van der Waals surface area contributed by atoms with Gasteiger partial charge in [-0.3, -0.25) is 4.79 Å². The first-order valence-corrected chi connectivity index (χ1v) is 7.15. The van der Waals surface area contributed by atoms with Crippen molar-refractivity contribution in [1.82, 2.24) is 4.98 Å². The molecule has 94 valence electrons. The molecule has 3 rings (SSSR count). The number of rotatable bonds is 3. The highest BCUT2D eigenvalue weighted by Crippen LogP contribution is 2.34. The number of aromatic nitrogens is 1. The minimum atomic E-state index is 0.584. The largest absolute Gasteiger partial charge is 0.431 e. The zero-order valence-corrected chi connectivity index (χ0v) is 12.1. The second kappa shape index (κ2) is 5.19. The molecule has 0 spiro atoms. The Kier molecular flexibility index (Phi) is 3.40. The number of hydrogen-bond acceptors (Lipinski definition) is 4. The number of benzene rings is 2. The molecule has 3 aromatic rings. The van der Waals surface area contributed by atoms with Crippen molar-refractivity contribution < 1.29 is 9.21 Å². The summed E-state index contributed by atoms with van der Waals surface area (Å²) < 4.78 is 6.50. The quantitative estimate of drug-likeness (QED) is 0.659. The zero-order chi connectivity index (χ0) is 13.2. The first-order chi connectivity index (χ1) is 9.26. The number of oxazole rings is 1. The van der Waals surface area contributed by atoms with Gasteiger partial charge < -0.3 is 4.42 Å². The van der Waals surface area contributed by atoms with E-state index in [2.05, 4.69) is 20.9 Å². The van der Waals surface area contributed by atoms with Crippen LogP contribution in [0.5, 0.6) is 0 Å². The van der Waals surface area contributed by atoms with Gasteiger partial charge in [-0.05, 0) is 52.0 Å². The summed E-state index contributed by atoms with van der Waals surface area (Å²) in [6.45, 7) is 0. The Bertz CT molecular complexity index is 721. The van der Waals surface area contributed by atoms with Crippen LogP contribution in [0.4, 0.5) is 0 Å². The molecule has 0 fully saturated rings. The van der Waals surface area contributed by atoms with Crippen LogP contribution in [0, 0.1) is 0 Å². The lowest BCUT2D eigenvalue weighted by atomic mass is 10.2. The third-order valence-corrected chi connectivity index (χ3v) is 4.41. The van der Waals surface area contributed by atoms with Gasteiger partial charge in [0.05, 0.1) is 0 Å². The molecule has 3 nitrogen and oxygen atoms in total. The molecule has 0 bridgehead atoms. The average Bonchev–Trinajstić information content (AvgIpc) is 2.83. The van der Waals surface area contributed by atoms with E-state index in [9.17, 15) is 4.79 Å². The lowest BCUT2D eigenvalue weighted by Gasteiger charge is -2.01. The fraction of sp³-hybridized carbons (Fsp3) is 0. The second-order valence-corrected chi connectivity index (χ2v) is 5.70. The molecule has 5 heteroatoms. The number of hydrogen-bond donors (Lipinski definition) is 0. The summed E-state index contributed by atoms with van der Waals surface area (Å²) in [5, 5.41) is 0.584. The Balaban J connectivity index is 1.94. The van der Waals surface area contributed by atoms with Gasteiger partial charge in [-0.15, -0.1) is 0 Å². The summed E-state index contributed by atoms with van der Waals surface area (Å²) in [6, 6.07) is 13.0. The summed E-state index contributed by atoms with van der Waals surface area (Å²) in [5.41, 5.74) is 2.24. The Morgan fingerprint density at radius 3 is 2.79 bits per heavy atom. The molecule has 0 saturated heterocycles. The minimum absolute atomic E-state index is 0.584. The van der Waals surface area contributed by atoms with Crippen LogP contribution in [-0.2, 0) is 0 Å². The summed E-state index contributed by atoms with van der Waals surface area (Å²) in [5.74, 6) is 0. The monoisotopic (exact) mass is 333 g/mol. The minimum Gasteiger partial charge on any atom is -0.431 e. The maximum absolute atomic E-state index is 10.7. The third-order valence-electron chi connectivity index (χ3n) is 2.56. The van der Waals surface area contributed by atoms with Crippen molar-refractivity contribution in [3.05, 3.63) is 52.5 Å². The molecule has 19 heavy (non-hydrogen) atoms. The molecule has 2 aromatic carbocycles. The summed E-state index contributed by atoms with van der Waals surface area (Å²) >= 11 is 4.86. The predicted molar refractivity (Wildman–Crippen MR) is 77.7 cm³/mol. The van der Waals surface area contributed by atoms with E-state index in [4.69, 9.17) is 4.42 Å². The maximum Gasteiger partial charge on any atom is 0.261 e. The molecule has 0 atom stereocenters. The van der Waals surface area contributed by atoms with Gasteiger partial charge in [0.2, 0.25) is 0 Å². The molecule has 0 N–H and O–H groups in total. The molecular weight excluding hydrogens is 326 g/mol. The smallest absolute Gasteiger partial charge is 0.261 e. The standard InChI is InChI=1S/C14H8BrNO2S/c15-10-7-9(8-17)5-6-13(10)19-14-16-11-3-1-2-4-12(11)18-14/h1-8H. The van der Waals surface area contributed by atoms with E-state index < -0.39 is 0 Å². The van der Waals surface area contributed by atoms with Gasteiger partial charge in [0.15, 0.2) is 5.58 Å². The number of para-hydroxylation sites is 2. The van der Waals surface area contributed by atoms with E-state index in [1.54, 1.807) is 12.1 Å². The molecular formula is C14H8BrNO2S. The van der Waals surface area contributed by atoms with E-state index >= 15 is 0 Å². The van der Waals surface area contributed by atoms with E-state index in [0.717, 1.165) is 26.8 Å². The number of carbonyl (C=O) groups is 1. The Hall–Kier alpha value is -1.59. The molecule has 0 unspecified atom stereocenters. The summed E-state index contributed by atoms with van der Waals surface area (Å²) in [4.78, 5) is 16.0. The number of aldehydes is 1. The molecule has 0 aliphatic rings. The molecule has 0 aliphatic carbocycles. The highest BCUT2D eigenvalue weighted by atomic mass is 79.9. The Morgan fingerprint density at radius 2 is 2.05 bits per heavy atom. The number of fused-ring (bicyclic) bond motifs is 1. The number of nitrogens with zero attached hydrogens (tertiary/aromatic N) is 1. The molecule has 1 heterocycles. The maximum atomic E-state index is 10.7. The van der Waals surface area contributed by atoms with Gasteiger partial charge in [-0.1, -0.05) is 18.2 Å². The SMILES string of the molecule is O=Cc1ccc(Sc2nc3ccccc3o2)c(Br)c1. The van der Waals surface area contributed by atoms with Gasteiger partial charge in [0.1, 0.15) is 11.8 Å². The van der Waals surface area contributed by atoms with Crippen molar-refractivity contribution in [3.8, 4) is 0 Å². The molecule has 1 aromatic heterocycles. The lowest BCUT2D eigenvalue weighted by Crippen LogP contribution is -1.82. The average molecular weight is 334 g/mol. The normalized spacial score (nSPS) is 10.8. The topological polar surface area (TPSA) is 43.1 Å². The van der Waals surface area contributed by atoms with Crippen LogP contribution in [0.2, 0.25) is 0 Å². The Morgan fingerprint density at radius 1 is 1.21 bits per heavy atom. The fourth-order valence-electron chi connectivity index (χ4n) is 1.66. The van der Waals surface area contributed by atoms with Crippen LogP contribution in [0.25, 0.3) is 11.1 Å². The van der Waals surface area contributed by atoms with Gasteiger partial charge >= 0.3 is 0 Å². The lowest BCUT2D eigenvalue weighted by molar-refractivity contribution is 0.112. The number of halogens is 1. The van der Waals surface area contributed by atoms with Gasteiger partial charge in [0, 0.05) is 14.9 Å². The molecule has 0 amide bonds. The van der Waals surface area contributed by atoms with E-state index in [1.165, 1.54) is 11.8 Å². The first kappa shape index (κ1) is 12.4. The Labute approximate surface area is 122 Å². The van der Waals surface area contributed by atoms with Crippen molar-refractivity contribution >= 4 is 45.1 Å². The fourth-order valence-corrected chi connectivity index (χ4v) is 3.06. The predicted octanol–water partition coefficient (Wildman–Crippen LogP) is 4.55. The van der Waals surface area contributed by atoms with Crippen molar-refractivity contribution in [2.75, 3.05) is 0 Å². The molecule has 0 radical (unpaired) electrons. The molecule has 0 saturated carbocycles. The van der Waals surface area contributed by atoms with Crippen LogP contribution in [-0.4, -0.2) is 11.3 Å². The van der Waals surface area contributed by atoms with Crippen molar-refractivity contribution in [2.45, 2.75) is 10.1 Å². The van der Waals surface area contributed by atoms with Crippen molar-refractivity contribution in [3.63, 3.8) is 0 Å². The molecule has 0 aliphatic heterocycles. The van der Waals surface area contributed by atoms with E-state index in [-0.39, 0.29) is 0 Å². The first-order valence-electron chi connectivity index (χ1n) is 5.54. The van der Waals surface area contributed by atoms with Crippen LogP contribution in [0.15, 0.2) is 61.5 Å². The van der Waals surface area contributed by atoms with Crippen LogP contribution in [0.3, 0.4) is 0 Å². The highest BCUT2D eigenvalue weighted by molar-refractivity contribution is 9.10. The van der Waals surface area contributed by atoms with Gasteiger partial charge in [-0.25, -0.2) is 4.98 Å². The van der Waals surface area contributed by atoms with Gasteiger partial charge in [0.25, 0.3) is 5.22 Å². The highest BCUT2D eigenvalue weighted by Gasteiger charge is 2.09. The zero-order valence-electron chi connectivity index (χ0n) is 9.67. The van der Waals surface area contributed by atoms with Crippen LogP contribution in [0.1, 0.15) is 10.4 Å². The van der Waals surface area contributed by atoms with Crippen molar-refractivity contribution in [2.24, 2.45) is 0 Å². The summed E-state index contributed by atoms with van der Waals surface area (Å²) in [7, 11) is 0. The van der Waals surface area contributed by atoms with Crippen molar-refractivity contribution in [1.29, 1.82) is 0 Å². The van der Waals surface area contributed by atoms with Crippen LogP contribution >= 0.6 is 27.7 Å². The van der Waals surface area contributed by atoms with Gasteiger partial charge in [-0.2, -0.15) is 0 Å². The number of carbonyl (C=O) groups excluding carboxylic acids is 1.